The highest BCUT2D eigenvalue weighted by Gasteiger charge is 2.47. The minimum absolute atomic E-state index is 0.0409. The van der Waals surface area contributed by atoms with Crippen molar-refractivity contribution in [2.75, 3.05) is 12.0 Å². The third kappa shape index (κ3) is 4.15. The number of rotatable bonds is 5. The van der Waals surface area contributed by atoms with Crippen LogP contribution in [0.3, 0.4) is 0 Å². The first-order valence-corrected chi connectivity index (χ1v) is 10.5. The molecule has 6 nitrogen and oxygen atoms in total. The Bertz CT molecular complexity index is 1250. The molecule has 1 saturated heterocycles. The van der Waals surface area contributed by atoms with E-state index in [9.17, 15) is 19.5 Å². The van der Waals surface area contributed by atoms with Crippen LogP contribution in [0.2, 0.25) is 0 Å². The first-order valence-electron chi connectivity index (χ1n) is 10.5. The molecule has 166 valence electrons. The Hall–Kier alpha value is -4.19. The second-order valence-electron chi connectivity index (χ2n) is 7.81. The molecule has 0 bridgehead atoms. The lowest BCUT2D eigenvalue weighted by Crippen LogP contribution is -2.29. The molecule has 4 rings (SSSR count). The molecular formula is C27H23NO5. The van der Waals surface area contributed by atoms with Crippen LogP contribution in [-0.4, -0.2) is 29.9 Å². The second kappa shape index (κ2) is 9.12. The summed E-state index contributed by atoms with van der Waals surface area (Å²) in [4.78, 5) is 39.4. The van der Waals surface area contributed by atoms with Crippen molar-refractivity contribution in [2.24, 2.45) is 0 Å². The minimum atomic E-state index is -0.794. The van der Waals surface area contributed by atoms with E-state index in [0.717, 1.165) is 16.7 Å². The smallest absolute Gasteiger partial charge is 0.309 e. The van der Waals surface area contributed by atoms with Crippen LogP contribution in [0.4, 0.5) is 5.69 Å². The number of hydrogen-bond donors (Lipinski definition) is 1. The van der Waals surface area contributed by atoms with Crippen LogP contribution < -0.4 is 4.90 Å². The number of aliphatic hydroxyl groups is 1. The molecule has 0 aliphatic carbocycles. The number of methoxy groups -OCH3 is 1. The molecule has 3 aromatic carbocycles. The lowest BCUT2D eigenvalue weighted by molar-refractivity contribution is -0.139. The summed E-state index contributed by atoms with van der Waals surface area (Å²) in [6.45, 7) is 1.90. The van der Waals surface area contributed by atoms with Crippen molar-refractivity contribution in [1.29, 1.82) is 0 Å². The zero-order chi connectivity index (χ0) is 23.5. The fourth-order valence-electron chi connectivity index (χ4n) is 4.05. The molecule has 1 fully saturated rings. The van der Waals surface area contributed by atoms with Crippen LogP contribution in [0.15, 0.2) is 84.4 Å². The summed E-state index contributed by atoms with van der Waals surface area (Å²) in [7, 11) is 1.32. The summed E-state index contributed by atoms with van der Waals surface area (Å²) < 4.78 is 4.70. The lowest BCUT2D eigenvalue weighted by Gasteiger charge is -2.26. The molecule has 1 unspecified atom stereocenters. The molecule has 1 aliphatic rings. The van der Waals surface area contributed by atoms with Crippen molar-refractivity contribution >= 4 is 29.1 Å². The van der Waals surface area contributed by atoms with Crippen LogP contribution >= 0.6 is 0 Å². The number of amides is 1. The van der Waals surface area contributed by atoms with Gasteiger partial charge in [0.25, 0.3) is 11.7 Å². The highest BCUT2D eigenvalue weighted by atomic mass is 16.5. The maximum atomic E-state index is 13.2. The Labute approximate surface area is 191 Å². The van der Waals surface area contributed by atoms with Crippen LogP contribution in [-0.2, 0) is 25.5 Å². The van der Waals surface area contributed by atoms with E-state index in [-0.39, 0.29) is 23.7 Å². The largest absolute Gasteiger partial charge is 0.507 e. The summed E-state index contributed by atoms with van der Waals surface area (Å²) in [5, 5.41) is 11.1. The zero-order valence-electron chi connectivity index (χ0n) is 18.3. The van der Waals surface area contributed by atoms with Gasteiger partial charge < -0.3 is 9.84 Å². The molecule has 1 heterocycles. The average Bonchev–Trinajstić information content (AvgIpc) is 3.10. The standard InChI is InChI=1S/C27H23NO5/c1-17-8-6-7-11-21(17)24-23(25(30)19-9-4-3-5-10-19)26(31)27(32)28(24)20-14-12-18(13-15-20)16-22(29)33-2/h3-15,24,30H,16H2,1-2H3/b25-23-. The minimum Gasteiger partial charge on any atom is -0.507 e. The van der Waals surface area contributed by atoms with E-state index >= 15 is 0 Å². The molecule has 0 aromatic heterocycles. The molecule has 1 amide bonds. The number of nitrogens with zero attached hydrogens (tertiary/aromatic N) is 1. The number of esters is 1. The number of carbonyl (C=O) groups excluding carboxylic acids is 3. The quantitative estimate of drug-likeness (QED) is 0.276. The number of ketones is 1. The van der Waals surface area contributed by atoms with Crippen LogP contribution in [0.25, 0.3) is 5.76 Å². The van der Waals surface area contributed by atoms with Gasteiger partial charge in [-0.1, -0.05) is 66.7 Å². The first-order chi connectivity index (χ1) is 15.9. The third-order valence-electron chi connectivity index (χ3n) is 5.77. The third-order valence-corrected chi connectivity index (χ3v) is 5.77. The average molecular weight is 441 g/mol. The maximum Gasteiger partial charge on any atom is 0.309 e. The van der Waals surface area contributed by atoms with E-state index in [1.807, 2.05) is 37.3 Å². The maximum absolute atomic E-state index is 13.2. The van der Waals surface area contributed by atoms with Crippen LogP contribution in [0.1, 0.15) is 28.3 Å². The van der Waals surface area contributed by atoms with Gasteiger partial charge in [0.1, 0.15) is 5.76 Å². The number of aliphatic hydroxyl groups excluding tert-OH is 1. The van der Waals surface area contributed by atoms with Gasteiger partial charge in [-0.2, -0.15) is 0 Å². The van der Waals surface area contributed by atoms with Crippen molar-refractivity contribution in [1.82, 2.24) is 0 Å². The molecule has 1 atom stereocenters. The molecule has 33 heavy (non-hydrogen) atoms. The van der Waals surface area contributed by atoms with E-state index in [0.29, 0.717) is 11.3 Å². The lowest BCUT2D eigenvalue weighted by atomic mass is 9.92. The highest BCUT2D eigenvalue weighted by Crippen LogP contribution is 2.43. The zero-order valence-corrected chi connectivity index (χ0v) is 18.3. The number of hydrogen-bond acceptors (Lipinski definition) is 5. The number of Topliss-reactive ketones (excluding diaryl/α,β-unsaturated/α-hetero) is 1. The van der Waals surface area contributed by atoms with Crippen molar-refractivity contribution in [3.8, 4) is 0 Å². The van der Waals surface area contributed by atoms with Gasteiger partial charge in [0.2, 0.25) is 0 Å². The molecule has 0 radical (unpaired) electrons. The SMILES string of the molecule is COC(=O)Cc1ccc(N2C(=O)C(=O)/C(=C(\O)c3ccccc3)C2c2ccccc2C)cc1. The number of aryl methyl sites for hydroxylation is 1. The van der Waals surface area contributed by atoms with Gasteiger partial charge in [-0.05, 0) is 35.7 Å². The number of ether oxygens (including phenoxy) is 1. The topological polar surface area (TPSA) is 83.9 Å². The van der Waals surface area contributed by atoms with Gasteiger partial charge in [-0.15, -0.1) is 0 Å². The monoisotopic (exact) mass is 441 g/mol. The van der Waals surface area contributed by atoms with Crippen molar-refractivity contribution in [2.45, 2.75) is 19.4 Å². The van der Waals surface area contributed by atoms with Crippen LogP contribution in [0.5, 0.6) is 0 Å². The molecule has 1 aliphatic heterocycles. The molecule has 3 aromatic rings. The van der Waals surface area contributed by atoms with Gasteiger partial charge in [0.05, 0.1) is 25.1 Å². The van der Waals surface area contributed by atoms with E-state index in [1.165, 1.54) is 12.0 Å². The Morgan fingerprint density at radius 1 is 0.939 bits per heavy atom. The molecule has 0 spiro atoms. The van der Waals surface area contributed by atoms with Gasteiger partial charge in [-0.25, -0.2) is 0 Å². The van der Waals surface area contributed by atoms with Crippen LogP contribution in [0, 0.1) is 6.92 Å². The van der Waals surface area contributed by atoms with E-state index in [4.69, 9.17) is 4.74 Å². The highest BCUT2D eigenvalue weighted by molar-refractivity contribution is 6.51. The fourth-order valence-corrected chi connectivity index (χ4v) is 4.05. The second-order valence-corrected chi connectivity index (χ2v) is 7.81. The van der Waals surface area contributed by atoms with Crippen molar-refractivity contribution < 1.29 is 24.2 Å². The van der Waals surface area contributed by atoms with Gasteiger partial charge >= 0.3 is 5.97 Å². The van der Waals surface area contributed by atoms with Gasteiger partial charge in [0, 0.05) is 11.3 Å². The Morgan fingerprint density at radius 3 is 2.21 bits per heavy atom. The first kappa shape index (κ1) is 22.0. The van der Waals surface area contributed by atoms with E-state index < -0.39 is 17.7 Å². The summed E-state index contributed by atoms with van der Waals surface area (Å²) in [5.74, 6) is -2.05. The summed E-state index contributed by atoms with van der Waals surface area (Å²) in [6.07, 6.45) is 0.102. The summed E-state index contributed by atoms with van der Waals surface area (Å²) >= 11 is 0. The van der Waals surface area contributed by atoms with Crippen molar-refractivity contribution in [3.05, 3.63) is 107 Å². The predicted octanol–water partition coefficient (Wildman–Crippen LogP) is 4.34. The molecular weight excluding hydrogens is 418 g/mol. The molecule has 0 saturated carbocycles. The van der Waals surface area contributed by atoms with E-state index in [2.05, 4.69) is 0 Å². The normalized spacial score (nSPS) is 17.3. The summed E-state index contributed by atoms with van der Waals surface area (Å²) in [5.41, 5.74) is 3.34. The van der Waals surface area contributed by atoms with Gasteiger partial charge in [0.15, 0.2) is 0 Å². The number of benzene rings is 3. The Kier molecular flexibility index (Phi) is 6.09. The summed E-state index contributed by atoms with van der Waals surface area (Å²) in [6, 6.07) is 22.2. The molecule has 1 N–H and O–H groups in total. The number of anilines is 1. The van der Waals surface area contributed by atoms with Gasteiger partial charge in [-0.3, -0.25) is 19.3 Å². The fraction of sp³-hybridized carbons (Fsp3) is 0.148. The Balaban J connectivity index is 1.86. The van der Waals surface area contributed by atoms with Crippen molar-refractivity contribution in [3.63, 3.8) is 0 Å². The molecule has 6 heteroatoms. The predicted molar refractivity (Wildman–Crippen MR) is 125 cm³/mol. The Morgan fingerprint density at radius 2 is 1.58 bits per heavy atom. The number of carbonyl (C=O) groups is 3. The van der Waals surface area contributed by atoms with E-state index in [1.54, 1.807) is 48.5 Å².